The normalized spacial score (nSPS) is 17.4. The van der Waals surface area contributed by atoms with Gasteiger partial charge in [-0.3, -0.25) is 14.4 Å². The fourth-order valence-electron chi connectivity index (χ4n) is 3.21. The summed E-state index contributed by atoms with van der Waals surface area (Å²) in [6.45, 7) is 13.9. The van der Waals surface area contributed by atoms with Crippen LogP contribution in [0.3, 0.4) is 0 Å². The maximum atomic E-state index is 11.8. The van der Waals surface area contributed by atoms with E-state index in [2.05, 4.69) is 38.4 Å². The van der Waals surface area contributed by atoms with E-state index < -0.39 is 29.2 Å². The second-order valence-corrected chi connectivity index (χ2v) is 11.4. The Hall–Kier alpha value is -2.33. The number of halogens is 5. The molecule has 1 saturated carbocycles. The van der Waals surface area contributed by atoms with Gasteiger partial charge in [0, 0.05) is 12.4 Å². The number of aromatic nitrogens is 1. The van der Waals surface area contributed by atoms with Gasteiger partial charge in [0.05, 0.1) is 16.5 Å². The molecule has 1 aliphatic carbocycles. The van der Waals surface area contributed by atoms with Gasteiger partial charge in [0.1, 0.15) is 10.7 Å². The van der Waals surface area contributed by atoms with Crippen LogP contribution in [0.15, 0.2) is 22.3 Å². The minimum Gasteiger partial charge on any atom is -0.481 e. The topological polar surface area (TPSA) is 137 Å². The third-order valence-corrected chi connectivity index (χ3v) is 6.93. The maximum absolute atomic E-state index is 11.8. The van der Waals surface area contributed by atoms with Gasteiger partial charge in [0.15, 0.2) is 5.78 Å². The first-order valence-electron chi connectivity index (χ1n) is 13.1. The Balaban J connectivity index is 0. The highest BCUT2D eigenvalue weighted by Gasteiger charge is 2.34. The van der Waals surface area contributed by atoms with E-state index >= 15 is 0 Å². The van der Waals surface area contributed by atoms with Gasteiger partial charge in [-0.1, -0.05) is 90.4 Å². The van der Waals surface area contributed by atoms with Crippen molar-refractivity contribution in [2.24, 2.45) is 23.0 Å². The summed E-state index contributed by atoms with van der Waals surface area (Å²) in [4.78, 5) is 34.5. The molecule has 12 heteroatoms. The van der Waals surface area contributed by atoms with Gasteiger partial charge in [-0.25, -0.2) is 0 Å². The van der Waals surface area contributed by atoms with Crippen molar-refractivity contribution in [2.45, 2.75) is 99.6 Å². The molecule has 0 aromatic carbocycles. The third kappa shape index (κ3) is 16.1. The molecule has 0 spiro atoms. The van der Waals surface area contributed by atoms with Crippen molar-refractivity contribution in [3.63, 3.8) is 0 Å². The van der Waals surface area contributed by atoms with Crippen molar-refractivity contribution in [1.82, 2.24) is 4.98 Å². The standard InChI is InChI=1S/C8H9Cl2NO.C8H14O2.C6H7F3N2O.C6H14/c1-2-3-5-6(9)4-11-8(12)7(5)10;1-6-4-2-3-5-7(6)8(9)10;1-3(12)4(2-10)5(11)6(7,8)9;1-5-6(2,3)4/h4H,2-3H2,1H3,(H,11,12);6-7H,2-5H2,1H3,(H,9,10);2,10H,11H2,1H3;5H2,1-4H3/b;;5-4+,10-2?;. The lowest BCUT2D eigenvalue weighted by Crippen LogP contribution is -2.24. The van der Waals surface area contributed by atoms with Crippen molar-refractivity contribution in [2.75, 3.05) is 0 Å². The van der Waals surface area contributed by atoms with Crippen molar-refractivity contribution in [3.8, 4) is 0 Å². The van der Waals surface area contributed by atoms with Crippen LogP contribution in [-0.4, -0.2) is 34.2 Å². The Bertz CT molecular complexity index is 1050. The summed E-state index contributed by atoms with van der Waals surface area (Å²) < 4.78 is 35.4. The number of rotatable bonds is 5. The molecule has 1 aromatic heterocycles. The van der Waals surface area contributed by atoms with Crippen LogP contribution in [0.2, 0.25) is 10.0 Å². The van der Waals surface area contributed by atoms with Gasteiger partial charge in [-0.15, -0.1) is 0 Å². The number of hydrogen-bond acceptors (Lipinski definition) is 5. The molecule has 5 N–H and O–H groups in total. The van der Waals surface area contributed by atoms with E-state index in [1.165, 1.54) is 19.0 Å². The van der Waals surface area contributed by atoms with Crippen LogP contribution >= 0.6 is 23.2 Å². The molecule has 2 rings (SSSR count). The third-order valence-electron chi connectivity index (χ3n) is 6.19. The highest BCUT2D eigenvalue weighted by atomic mass is 35.5. The van der Waals surface area contributed by atoms with Gasteiger partial charge in [-0.05, 0) is 43.1 Å². The van der Waals surface area contributed by atoms with Crippen LogP contribution in [0.4, 0.5) is 13.2 Å². The molecule has 40 heavy (non-hydrogen) atoms. The molecule has 230 valence electrons. The number of carboxylic acids is 1. The molecule has 0 radical (unpaired) electrons. The molecule has 7 nitrogen and oxygen atoms in total. The van der Waals surface area contributed by atoms with Crippen LogP contribution in [0.5, 0.6) is 0 Å². The predicted octanol–water partition coefficient (Wildman–Crippen LogP) is 7.97. The number of carbonyl (C=O) groups excluding carboxylic acids is 1. The molecule has 2 atom stereocenters. The number of Topliss-reactive ketones (excluding diaryl/α,β-unsaturated/α-hetero) is 1. The van der Waals surface area contributed by atoms with Gasteiger partial charge in [0.25, 0.3) is 5.56 Å². The molecule has 1 fully saturated rings. The zero-order valence-corrected chi connectivity index (χ0v) is 25.9. The smallest absolute Gasteiger partial charge is 0.431 e. The highest BCUT2D eigenvalue weighted by molar-refractivity contribution is 6.35. The van der Waals surface area contributed by atoms with E-state index in [4.69, 9.17) is 33.7 Å². The Labute approximate surface area is 245 Å². The number of H-pyrrole nitrogens is 1. The largest absolute Gasteiger partial charge is 0.481 e. The van der Waals surface area contributed by atoms with E-state index in [1.54, 1.807) is 0 Å². The Morgan fingerprint density at radius 2 is 1.68 bits per heavy atom. The second-order valence-electron chi connectivity index (χ2n) is 10.7. The van der Waals surface area contributed by atoms with E-state index in [1.807, 2.05) is 13.8 Å². The first-order chi connectivity index (χ1) is 18.2. The van der Waals surface area contributed by atoms with Gasteiger partial charge < -0.3 is 21.2 Å². The highest BCUT2D eigenvalue weighted by Crippen LogP contribution is 2.29. The number of allylic oxidation sites excluding steroid dienone is 2. The van der Waals surface area contributed by atoms with E-state index in [9.17, 15) is 27.6 Å². The average molecular weight is 615 g/mol. The van der Waals surface area contributed by atoms with Crippen molar-refractivity contribution in [1.29, 1.82) is 5.41 Å². The van der Waals surface area contributed by atoms with Crippen molar-refractivity contribution < 1.29 is 27.9 Å². The fourth-order valence-corrected chi connectivity index (χ4v) is 3.75. The predicted molar refractivity (Wildman–Crippen MR) is 156 cm³/mol. The quantitative estimate of drug-likeness (QED) is 0.197. The first kappa shape index (κ1) is 39.8. The Morgan fingerprint density at radius 3 is 1.98 bits per heavy atom. The number of aromatic amines is 1. The summed E-state index contributed by atoms with van der Waals surface area (Å²) in [5.41, 5.74) is 3.26. The summed E-state index contributed by atoms with van der Waals surface area (Å²) in [6.07, 6.45) is 4.24. The number of nitrogens with two attached hydrogens (primary N) is 1. The summed E-state index contributed by atoms with van der Waals surface area (Å²) in [6, 6.07) is 0. The summed E-state index contributed by atoms with van der Waals surface area (Å²) in [5, 5.41) is 16.0. The minimum absolute atomic E-state index is 0.0613. The van der Waals surface area contributed by atoms with Crippen molar-refractivity contribution >= 4 is 41.2 Å². The molecule has 0 saturated heterocycles. The Kier molecular flexibility index (Phi) is 18.8. The van der Waals surface area contributed by atoms with Gasteiger partial charge in [0.2, 0.25) is 0 Å². The summed E-state index contributed by atoms with van der Waals surface area (Å²) in [5.74, 6) is -1.15. The first-order valence-corrected chi connectivity index (χ1v) is 13.9. The minimum atomic E-state index is -4.75. The number of carbonyl (C=O) groups is 2. The number of hydrogen-bond donors (Lipinski definition) is 4. The molecule has 1 aliphatic rings. The molecule has 0 amide bonds. The molecule has 1 aromatic rings. The SMILES string of the molecule is CC(=O)/C(C=N)=C(/N)C(F)(F)F.CC1CCCCC1C(=O)O.CCC(C)(C)C.CCCc1c(Cl)c[nH]c(=O)c1Cl. The molecule has 1 heterocycles. The summed E-state index contributed by atoms with van der Waals surface area (Å²) in [7, 11) is 0. The van der Waals surface area contributed by atoms with E-state index in [-0.39, 0.29) is 16.5 Å². The van der Waals surface area contributed by atoms with Crippen LogP contribution in [0.25, 0.3) is 0 Å². The van der Waals surface area contributed by atoms with Crippen LogP contribution in [-0.2, 0) is 16.0 Å². The van der Waals surface area contributed by atoms with Crippen LogP contribution in [0.1, 0.15) is 92.6 Å². The van der Waals surface area contributed by atoms with E-state index in [0.29, 0.717) is 22.6 Å². The lowest BCUT2D eigenvalue weighted by atomic mass is 9.81. The number of ketones is 1. The Morgan fingerprint density at radius 1 is 1.18 bits per heavy atom. The number of alkyl halides is 3. The fraction of sp³-hybridized carbons (Fsp3) is 0.643. The maximum Gasteiger partial charge on any atom is 0.431 e. The number of pyridine rings is 1. The zero-order chi connectivity index (χ0) is 31.8. The van der Waals surface area contributed by atoms with E-state index in [0.717, 1.165) is 44.6 Å². The average Bonchev–Trinajstić information content (AvgIpc) is 2.85. The number of nitrogens with one attached hydrogen (secondary N) is 2. The number of aliphatic carboxylic acids is 1. The van der Waals surface area contributed by atoms with Gasteiger partial charge >= 0.3 is 12.1 Å². The lowest BCUT2D eigenvalue weighted by molar-refractivity contribution is -0.144. The molecule has 0 aliphatic heterocycles. The second kappa shape index (κ2) is 18.9. The summed E-state index contributed by atoms with van der Waals surface area (Å²) >= 11 is 11.6. The molecule has 2 unspecified atom stereocenters. The van der Waals surface area contributed by atoms with Crippen LogP contribution in [0, 0.1) is 22.7 Å². The van der Waals surface area contributed by atoms with Gasteiger partial charge in [-0.2, -0.15) is 13.2 Å². The lowest BCUT2D eigenvalue weighted by Gasteiger charge is -2.24. The molecular formula is C28H44Cl2F3N3O4. The zero-order valence-electron chi connectivity index (χ0n) is 24.4. The molecular weight excluding hydrogens is 570 g/mol. The monoisotopic (exact) mass is 613 g/mol. The van der Waals surface area contributed by atoms with Crippen LogP contribution < -0.4 is 11.3 Å². The van der Waals surface area contributed by atoms with Crippen molar-refractivity contribution in [3.05, 3.63) is 43.4 Å². The number of carboxylic acid groups (broad SMARTS) is 1. The molecule has 0 bridgehead atoms.